The third-order valence-corrected chi connectivity index (χ3v) is 3.32. The average molecular weight is 294 g/mol. The zero-order chi connectivity index (χ0) is 15.5. The fraction of sp³-hybridized carbons (Fsp3) is 0.222. The molecule has 22 heavy (non-hydrogen) atoms. The maximum Gasteiger partial charge on any atom is 0.257 e. The fourth-order valence-corrected chi connectivity index (χ4v) is 2.35. The summed E-state index contributed by atoms with van der Waals surface area (Å²) in [5.74, 6) is 1.79. The van der Waals surface area contributed by atoms with E-state index in [-0.39, 0.29) is 6.10 Å². The van der Waals surface area contributed by atoms with Crippen molar-refractivity contribution in [3.63, 3.8) is 0 Å². The van der Waals surface area contributed by atoms with Crippen molar-refractivity contribution in [1.29, 1.82) is 0 Å². The molecule has 1 aromatic heterocycles. The van der Waals surface area contributed by atoms with E-state index in [9.17, 15) is 0 Å². The van der Waals surface area contributed by atoms with Crippen LogP contribution < -0.4 is 4.74 Å². The number of nitrogens with zero attached hydrogens (tertiary/aromatic N) is 2. The van der Waals surface area contributed by atoms with E-state index in [1.807, 2.05) is 63.2 Å². The van der Waals surface area contributed by atoms with Gasteiger partial charge in [0.15, 0.2) is 6.10 Å². The highest BCUT2D eigenvalue weighted by atomic mass is 16.5. The Kier molecular flexibility index (Phi) is 3.92. The fourth-order valence-electron chi connectivity index (χ4n) is 2.35. The number of benzene rings is 2. The Balaban J connectivity index is 1.78. The molecule has 0 radical (unpaired) electrons. The number of rotatable bonds is 4. The summed E-state index contributed by atoms with van der Waals surface area (Å²) >= 11 is 0. The summed E-state index contributed by atoms with van der Waals surface area (Å²) in [5.41, 5.74) is 3.23. The lowest BCUT2D eigenvalue weighted by atomic mass is 10.1. The zero-order valence-electron chi connectivity index (χ0n) is 12.9. The normalized spacial score (nSPS) is 12.1. The number of aromatic nitrogens is 2. The van der Waals surface area contributed by atoms with E-state index in [4.69, 9.17) is 9.15 Å². The second-order valence-electron chi connectivity index (χ2n) is 5.39. The first-order valence-electron chi connectivity index (χ1n) is 7.25. The molecule has 0 aliphatic carbocycles. The van der Waals surface area contributed by atoms with Crippen molar-refractivity contribution in [1.82, 2.24) is 10.2 Å². The minimum Gasteiger partial charge on any atom is -0.481 e. The predicted molar refractivity (Wildman–Crippen MR) is 84.7 cm³/mol. The molecule has 2 aromatic carbocycles. The molecule has 0 amide bonds. The van der Waals surface area contributed by atoms with E-state index in [1.165, 1.54) is 0 Å². The molecule has 0 fully saturated rings. The van der Waals surface area contributed by atoms with E-state index in [1.54, 1.807) is 0 Å². The molecule has 0 spiro atoms. The number of ether oxygens (including phenoxy) is 1. The van der Waals surface area contributed by atoms with Crippen LogP contribution in [0.25, 0.3) is 11.5 Å². The number of aryl methyl sites for hydroxylation is 2. The summed E-state index contributed by atoms with van der Waals surface area (Å²) in [6.07, 6.45) is -0.300. The van der Waals surface area contributed by atoms with Crippen LogP contribution in [0.15, 0.2) is 52.9 Å². The van der Waals surface area contributed by atoms with Crippen molar-refractivity contribution >= 4 is 0 Å². The van der Waals surface area contributed by atoms with Gasteiger partial charge in [-0.2, -0.15) is 0 Å². The van der Waals surface area contributed by atoms with Crippen LogP contribution in [0.4, 0.5) is 0 Å². The van der Waals surface area contributed by atoms with Gasteiger partial charge in [-0.25, -0.2) is 0 Å². The van der Waals surface area contributed by atoms with Gasteiger partial charge in [0, 0.05) is 5.56 Å². The summed E-state index contributed by atoms with van der Waals surface area (Å²) in [5, 5.41) is 8.18. The average Bonchev–Trinajstić information content (AvgIpc) is 2.97. The van der Waals surface area contributed by atoms with Gasteiger partial charge >= 0.3 is 0 Å². The number of hydrogen-bond donors (Lipinski definition) is 0. The van der Waals surface area contributed by atoms with E-state index >= 15 is 0 Å². The van der Waals surface area contributed by atoms with Crippen molar-refractivity contribution in [3.8, 4) is 17.2 Å². The first kappa shape index (κ1) is 14.3. The summed E-state index contributed by atoms with van der Waals surface area (Å²) in [4.78, 5) is 0. The summed E-state index contributed by atoms with van der Waals surface area (Å²) in [6.45, 7) is 6.00. The zero-order valence-corrected chi connectivity index (χ0v) is 12.9. The van der Waals surface area contributed by atoms with E-state index in [2.05, 4.69) is 16.3 Å². The molecular formula is C18H18N2O2. The lowest BCUT2D eigenvalue weighted by Crippen LogP contribution is -2.03. The molecule has 0 saturated carbocycles. The Morgan fingerprint density at radius 1 is 0.955 bits per heavy atom. The van der Waals surface area contributed by atoms with Crippen molar-refractivity contribution in [3.05, 3.63) is 65.5 Å². The van der Waals surface area contributed by atoms with Gasteiger partial charge in [-0.3, -0.25) is 0 Å². The Morgan fingerprint density at radius 2 is 1.64 bits per heavy atom. The molecule has 0 saturated heterocycles. The smallest absolute Gasteiger partial charge is 0.257 e. The van der Waals surface area contributed by atoms with E-state index < -0.39 is 0 Å². The molecule has 1 heterocycles. The van der Waals surface area contributed by atoms with Gasteiger partial charge in [0.2, 0.25) is 5.89 Å². The minimum atomic E-state index is -0.300. The first-order valence-corrected chi connectivity index (χ1v) is 7.25. The van der Waals surface area contributed by atoms with Gasteiger partial charge in [-0.15, -0.1) is 10.2 Å². The van der Waals surface area contributed by atoms with Crippen LogP contribution in [0.2, 0.25) is 0 Å². The maximum absolute atomic E-state index is 5.91. The summed E-state index contributed by atoms with van der Waals surface area (Å²) in [6, 6.07) is 15.8. The highest BCUT2D eigenvalue weighted by molar-refractivity contribution is 5.51. The second-order valence-corrected chi connectivity index (χ2v) is 5.39. The van der Waals surface area contributed by atoms with Crippen LogP contribution in [0.3, 0.4) is 0 Å². The molecule has 1 atom stereocenters. The van der Waals surface area contributed by atoms with Gasteiger partial charge in [0.1, 0.15) is 5.75 Å². The van der Waals surface area contributed by atoms with Crippen molar-refractivity contribution in [2.45, 2.75) is 26.9 Å². The molecule has 0 bridgehead atoms. The van der Waals surface area contributed by atoms with Crippen LogP contribution in [-0.2, 0) is 0 Å². The maximum atomic E-state index is 5.91. The Bertz CT molecular complexity index is 746. The molecule has 0 aliphatic rings. The summed E-state index contributed by atoms with van der Waals surface area (Å²) in [7, 11) is 0. The van der Waals surface area contributed by atoms with Crippen LogP contribution in [0.1, 0.15) is 30.0 Å². The molecule has 0 aliphatic heterocycles. The van der Waals surface area contributed by atoms with E-state index in [0.29, 0.717) is 11.8 Å². The highest BCUT2D eigenvalue weighted by Crippen LogP contribution is 2.25. The van der Waals surface area contributed by atoms with Crippen LogP contribution in [0, 0.1) is 13.8 Å². The lowest BCUT2D eigenvalue weighted by Gasteiger charge is -2.12. The third kappa shape index (κ3) is 3.17. The quantitative estimate of drug-likeness (QED) is 0.711. The molecular weight excluding hydrogens is 276 g/mol. The lowest BCUT2D eigenvalue weighted by molar-refractivity contribution is 0.189. The van der Waals surface area contributed by atoms with Crippen LogP contribution in [0.5, 0.6) is 5.75 Å². The molecule has 0 N–H and O–H groups in total. The van der Waals surface area contributed by atoms with Gasteiger partial charge in [-0.05, 0) is 56.2 Å². The first-order chi connectivity index (χ1) is 10.6. The summed E-state index contributed by atoms with van der Waals surface area (Å²) < 4.78 is 11.6. The molecule has 3 aromatic rings. The highest BCUT2D eigenvalue weighted by Gasteiger charge is 2.16. The molecule has 112 valence electrons. The SMILES string of the molecule is Cc1cc(C)cc(OC(C)c2nnc(-c3ccccc3)o2)c1. The van der Waals surface area contributed by atoms with E-state index in [0.717, 1.165) is 22.4 Å². The van der Waals surface area contributed by atoms with Crippen molar-refractivity contribution in [2.24, 2.45) is 0 Å². The van der Waals surface area contributed by atoms with Gasteiger partial charge in [-0.1, -0.05) is 24.3 Å². The second kappa shape index (κ2) is 6.02. The van der Waals surface area contributed by atoms with Crippen molar-refractivity contribution in [2.75, 3.05) is 0 Å². The third-order valence-electron chi connectivity index (χ3n) is 3.32. The van der Waals surface area contributed by atoms with Gasteiger partial charge < -0.3 is 9.15 Å². The molecule has 3 rings (SSSR count). The largest absolute Gasteiger partial charge is 0.481 e. The van der Waals surface area contributed by atoms with Crippen molar-refractivity contribution < 1.29 is 9.15 Å². The topological polar surface area (TPSA) is 48.2 Å². The number of hydrogen-bond acceptors (Lipinski definition) is 4. The van der Waals surface area contributed by atoms with Crippen LogP contribution in [-0.4, -0.2) is 10.2 Å². The monoisotopic (exact) mass is 294 g/mol. The Labute approximate surface area is 129 Å². The van der Waals surface area contributed by atoms with Gasteiger partial charge in [0.25, 0.3) is 5.89 Å². The minimum absolute atomic E-state index is 0.300. The molecule has 4 nitrogen and oxygen atoms in total. The standard InChI is InChI=1S/C18H18N2O2/c1-12-9-13(2)11-16(10-12)21-14(3)17-19-20-18(22-17)15-7-5-4-6-8-15/h4-11,14H,1-3H3. The molecule has 1 unspecified atom stereocenters. The Hall–Kier alpha value is -2.62. The molecule has 4 heteroatoms. The predicted octanol–water partition coefficient (Wildman–Crippen LogP) is 4.49. The Morgan fingerprint density at radius 3 is 2.32 bits per heavy atom. The van der Waals surface area contributed by atoms with Gasteiger partial charge in [0.05, 0.1) is 0 Å². The van der Waals surface area contributed by atoms with Crippen LogP contribution >= 0.6 is 0 Å².